The van der Waals surface area contributed by atoms with Crippen LogP contribution in [0.3, 0.4) is 0 Å². The molecule has 1 aromatic carbocycles. The van der Waals surface area contributed by atoms with Crippen LogP contribution in [0.1, 0.15) is 27.5 Å². The van der Waals surface area contributed by atoms with Crippen LogP contribution in [0, 0.1) is 20.8 Å². The van der Waals surface area contributed by atoms with Crippen molar-refractivity contribution in [1.29, 1.82) is 0 Å². The van der Waals surface area contributed by atoms with Crippen LogP contribution in [0.2, 0.25) is 0 Å². The van der Waals surface area contributed by atoms with Crippen molar-refractivity contribution in [3.05, 3.63) is 59.1 Å². The molecule has 4 rings (SSSR count). The quantitative estimate of drug-likeness (QED) is 0.317. The fourth-order valence-electron chi connectivity index (χ4n) is 3.50. The van der Waals surface area contributed by atoms with Crippen molar-refractivity contribution in [3.63, 3.8) is 0 Å². The average molecular weight is 438 g/mol. The highest BCUT2D eigenvalue weighted by atomic mass is 32.2. The summed E-state index contributed by atoms with van der Waals surface area (Å²) in [6, 6.07) is 11.4. The summed E-state index contributed by atoms with van der Waals surface area (Å²) in [5.74, 6) is 3.20. The molecule has 0 bridgehead atoms. The van der Waals surface area contributed by atoms with Crippen LogP contribution in [-0.2, 0) is 7.05 Å². The van der Waals surface area contributed by atoms with Gasteiger partial charge in [-0.15, -0.1) is 10.2 Å². The molecule has 0 atom stereocenters. The predicted molar refractivity (Wildman–Crippen MR) is 118 cm³/mol. The van der Waals surface area contributed by atoms with Gasteiger partial charge in [0, 0.05) is 35.6 Å². The zero-order valence-electron chi connectivity index (χ0n) is 18.0. The monoisotopic (exact) mass is 437 g/mol. The Balaban J connectivity index is 1.50. The Morgan fingerprint density at radius 2 is 1.87 bits per heavy atom. The van der Waals surface area contributed by atoms with Crippen molar-refractivity contribution in [2.75, 3.05) is 12.9 Å². The Hall–Kier alpha value is -3.33. The first-order chi connectivity index (χ1) is 14.9. The highest BCUT2D eigenvalue weighted by Gasteiger charge is 2.20. The normalized spacial score (nSPS) is 11.1. The van der Waals surface area contributed by atoms with E-state index in [2.05, 4.69) is 15.4 Å². The van der Waals surface area contributed by atoms with Crippen molar-refractivity contribution in [3.8, 4) is 23.0 Å². The van der Waals surface area contributed by atoms with Gasteiger partial charge >= 0.3 is 0 Å². The number of carbonyl (C=O) groups excluding carboxylic acids is 1. The molecule has 0 radical (unpaired) electrons. The summed E-state index contributed by atoms with van der Waals surface area (Å²) < 4.78 is 14.2. The Labute approximate surface area is 184 Å². The average Bonchev–Trinajstić information content (AvgIpc) is 3.43. The number of thioether (sulfide) groups is 1. The molecule has 0 N–H and O–H groups in total. The highest BCUT2D eigenvalue weighted by Crippen LogP contribution is 2.26. The molecule has 3 aromatic heterocycles. The van der Waals surface area contributed by atoms with Crippen molar-refractivity contribution in [2.24, 2.45) is 7.05 Å². The van der Waals surface area contributed by atoms with Gasteiger partial charge in [0.15, 0.2) is 22.6 Å². The number of hydrogen-bond donors (Lipinski definition) is 0. The van der Waals surface area contributed by atoms with Gasteiger partial charge in [-0.25, -0.2) is 0 Å². The summed E-state index contributed by atoms with van der Waals surface area (Å²) in [4.78, 5) is 13.0. The van der Waals surface area contributed by atoms with E-state index < -0.39 is 0 Å². The molecule has 160 valence electrons. The Kier molecular flexibility index (Phi) is 5.69. The first-order valence-corrected chi connectivity index (χ1v) is 10.7. The van der Waals surface area contributed by atoms with Crippen LogP contribution < -0.4 is 4.74 Å². The number of methoxy groups -OCH3 is 1. The van der Waals surface area contributed by atoms with E-state index in [-0.39, 0.29) is 11.5 Å². The zero-order chi connectivity index (χ0) is 22.1. The Morgan fingerprint density at radius 1 is 1.13 bits per heavy atom. The summed E-state index contributed by atoms with van der Waals surface area (Å²) in [6.45, 7) is 5.71. The molecule has 4 aromatic rings. The summed E-state index contributed by atoms with van der Waals surface area (Å²) in [7, 11) is 3.53. The van der Waals surface area contributed by atoms with E-state index >= 15 is 0 Å². The molecule has 0 unspecified atom stereocenters. The summed E-state index contributed by atoms with van der Waals surface area (Å²) >= 11 is 1.37. The van der Waals surface area contributed by atoms with E-state index in [0.717, 1.165) is 34.3 Å². The second kappa shape index (κ2) is 8.43. The van der Waals surface area contributed by atoms with E-state index in [1.807, 2.05) is 73.4 Å². The molecule has 0 saturated carbocycles. The van der Waals surface area contributed by atoms with Gasteiger partial charge in [0.25, 0.3) is 0 Å². The second-order valence-electron chi connectivity index (χ2n) is 7.22. The summed E-state index contributed by atoms with van der Waals surface area (Å²) in [5.41, 5.74) is 3.37. The topological polar surface area (TPSA) is 88.0 Å². The number of aryl methyl sites for hydroxylation is 2. The lowest BCUT2D eigenvalue weighted by Gasteiger charge is -2.06. The van der Waals surface area contributed by atoms with Gasteiger partial charge in [-0.05, 0) is 51.1 Å². The minimum absolute atomic E-state index is 0.0264. The number of benzene rings is 1. The number of aromatic nitrogens is 5. The van der Waals surface area contributed by atoms with Crippen molar-refractivity contribution < 1.29 is 14.1 Å². The van der Waals surface area contributed by atoms with Gasteiger partial charge in [0.1, 0.15) is 11.5 Å². The van der Waals surface area contributed by atoms with E-state index in [1.165, 1.54) is 11.8 Å². The van der Waals surface area contributed by atoms with Crippen LogP contribution in [0.15, 0.2) is 46.1 Å². The van der Waals surface area contributed by atoms with Gasteiger partial charge in [0.2, 0.25) is 0 Å². The fourth-order valence-corrected chi connectivity index (χ4v) is 4.29. The van der Waals surface area contributed by atoms with E-state index in [0.29, 0.717) is 16.5 Å². The molecule has 0 amide bonds. The molecule has 0 fully saturated rings. The number of Topliss-reactive ketones (excluding diaryl/α,β-unsaturated/α-hetero) is 1. The minimum Gasteiger partial charge on any atom is -0.497 e. The second-order valence-corrected chi connectivity index (χ2v) is 8.16. The van der Waals surface area contributed by atoms with Crippen LogP contribution in [0.5, 0.6) is 5.75 Å². The maximum atomic E-state index is 13.0. The molecule has 0 saturated heterocycles. The third kappa shape index (κ3) is 4.00. The third-order valence-electron chi connectivity index (χ3n) is 5.09. The van der Waals surface area contributed by atoms with Crippen molar-refractivity contribution in [2.45, 2.75) is 25.9 Å². The van der Waals surface area contributed by atoms with E-state index in [9.17, 15) is 4.79 Å². The fraction of sp³-hybridized carbons (Fsp3) is 0.273. The number of ether oxygens (including phenoxy) is 1. The maximum Gasteiger partial charge on any atom is 0.191 e. The van der Waals surface area contributed by atoms with Gasteiger partial charge in [-0.3, -0.25) is 9.36 Å². The molecule has 8 nitrogen and oxygen atoms in total. The van der Waals surface area contributed by atoms with Crippen molar-refractivity contribution >= 4 is 17.5 Å². The lowest BCUT2D eigenvalue weighted by Crippen LogP contribution is -2.06. The Morgan fingerprint density at radius 3 is 2.52 bits per heavy atom. The SMILES string of the molecule is COc1ccc(-c2nnc(SCC(=O)c3cc(C)n(-c4cc(C)on4)c3C)n2C)cc1. The van der Waals surface area contributed by atoms with Crippen LogP contribution in [0.4, 0.5) is 0 Å². The standard InChI is InChI=1S/C22H23N5O3S/c1-13-10-18(15(3)27(13)20-11-14(2)30-25-20)19(28)12-31-22-24-23-21(26(22)4)16-6-8-17(29-5)9-7-16/h6-11H,12H2,1-5H3. The largest absolute Gasteiger partial charge is 0.497 e. The summed E-state index contributed by atoms with van der Waals surface area (Å²) in [6.07, 6.45) is 0. The van der Waals surface area contributed by atoms with Crippen LogP contribution in [0.25, 0.3) is 17.2 Å². The first kappa shape index (κ1) is 20.9. The molecule has 0 aliphatic carbocycles. The zero-order valence-corrected chi connectivity index (χ0v) is 18.9. The predicted octanol–water partition coefficient (Wildman–Crippen LogP) is 4.17. The summed E-state index contributed by atoms with van der Waals surface area (Å²) in [5, 5.41) is 13.3. The number of nitrogens with zero attached hydrogens (tertiary/aromatic N) is 5. The third-order valence-corrected chi connectivity index (χ3v) is 6.11. The molecule has 0 aliphatic rings. The van der Waals surface area contributed by atoms with Gasteiger partial charge in [0.05, 0.1) is 12.9 Å². The molecule has 9 heteroatoms. The Bertz CT molecular complexity index is 1240. The van der Waals surface area contributed by atoms with Gasteiger partial charge in [-0.2, -0.15) is 0 Å². The number of hydrogen-bond acceptors (Lipinski definition) is 7. The lowest BCUT2D eigenvalue weighted by atomic mass is 10.2. The molecule has 0 aliphatic heterocycles. The van der Waals surface area contributed by atoms with Crippen LogP contribution in [-0.4, -0.2) is 43.1 Å². The molecular weight excluding hydrogens is 414 g/mol. The molecule has 3 heterocycles. The van der Waals surface area contributed by atoms with Crippen LogP contribution >= 0.6 is 11.8 Å². The number of ketones is 1. The molecule has 0 spiro atoms. The molecule has 31 heavy (non-hydrogen) atoms. The van der Waals surface area contributed by atoms with Gasteiger partial charge in [-0.1, -0.05) is 16.9 Å². The minimum atomic E-state index is 0.0264. The smallest absolute Gasteiger partial charge is 0.191 e. The molecular formula is C22H23N5O3S. The maximum absolute atomic E-state index is 13.0. The van der Waals surface area contributed by atoms with Crippen molar-refractivity contribution in [1.82, 2.24) is 24.5 Å². The lowest BCUT2D eigenvalue weighted by molar-refractivity contribution is 0.102. The number of carbonyl (C=O) groups is 1. The van der Waals surface area contributed by atoms with E-state index in [1.54, 1.807) is 7.11 Å². The van der Waals surface area contributed by atoms with Gasteiger partial charge < -0.3 is 13.8 Å². The van der Waals surface area contributed by atoms with E-state index in [4.69, 9.17) is 9.26 Å². The highest BCUT2D eigenvalue weighted by molar-refractivity contribution is 7.99. The number of rotatable bonds is 7. The first-order valence-electron chi connectivity index (χ1n) is 9.71.